The van der Waals surface area contributed by atoms with Gasteiger partial charge in [-0.05, 0) is 43.2 Å². The highest BCUT2D eigenvalue weighted by Gasteiger charge is 2.32. The molecule has 1 unspecified atom stereocenters. The molecule has 148 valence electrons. The summed E-state index contributed by atoms with van der Waals surface area (Å²) in [6, 6.07) is 13.0. The lowest BCUT2D eigenvalue weighted by Gasteiger charge is -2.23. The van der Waals surface area contributed by atoms with Gasteiger partial charge < -0.3 is 19.7 Å². The van der Waals surface area contributed by atoms with Crippen molar-refractivity contribution < 1.29 is 19.1 Å². The van der Waals surface area contributed by atoms with E-state index in [0.29, 0.717) is 23.6 Å². The van der Waals surface area contributed by atoms with Crippen LogP contribution in [0.25, 0.3) is 10.2 Å². The van der Waals surface area contributed by atoms with E-state index < -0.39 is 0 Å². The topological polar surface area (TPSA) is 80.8 Å². The normalized spacial score (nSPS) is 17.7. The number of thiazole rings is 1. The number of ether oxygens (including phenoxy) is 2. The zero-order valence-electron chi connectivity index (χ0n) is 15.6. The third-order valence-electron chi connectivity index (χ3n) is 5.20. The minimum atomic E-state index is -0.313. The predicted octanol–water partition coefficient (Wildman–Crippen LogP) is 3.12. The molecule has 0 bridgehead atoms. The van der Waals surface area contributed by atoms with Gasteiger partial charge >= 0.3 is 0 Å². The molecule has 1 atom stereocenters. The summed E-state index contributed by atoms with van der Waals surface area (Å²) in [5, 5.41) is 3.68. The number of likely N-dealkylation sites (tertiary alicyclic amines) is 1. The van der Waals surface area contributed by atoms with Crippen LogP contribution >= 0.6 is 11.3 Å². The maximum absolute atomic E-state index is 12.8. The van der Waals surface area contributed by atoms with Gasteiger partial charge in [-0.15, -0.1) is 11.3 Å². The van der Waals surface area contributed by atoms with E-state index in [1.54, 1.807) is 29.5 Å². The Morgan fingerprint density at radius 2 is 2.03 bits per heavy atom. The quantitative estimate of drug-likeness (QED) is 0.716. The molecule has 2 aromatic carbocycles. The van der Waals surface area contributed by atoms with Crippen molar-refractivity contribution in [3.8, 4) is 11.5 Å². The Balaban J connectivity index is 1.25. The summed E-state index contributed by atoms with van der Waals surface area (Å²) in [5.41, 5.74) is 1.40. The number of carbonyl (C=O) groups is 2. The van der Waals surface area contributed by atoms with Gasteiger partial charge in [-0.3, -0.25) is 9.59 Å². The van der Waals surface area contributed by atoms with Gasteiger partial charge in [-0.25, -0.2) is 4.98 Å². The molecule has 7 nitrogen and oxygen atoms in total. The zero-order valence-corrected chi connectivity index (χ0v) is 16.4. The largest absolute Gasteiger partial charge is 0.454 e. The van der Waals surface area contributed by atoms with Crippen molar-refractivity contribution in [2.45, 2.75) is 18.9 Å². The van der Waals surface area contributed by atoms with Crippen molar-refractivity contribution in [1.29, 1.82) is 0 Å². The number of hydrogen-bond donors (Lipinski definition) is 1. The van der Waals surface area contributed by atoms with E-state index >= 15 is 0 Å². The second kappa shape index (κ2) is 7.36. The van der Waals surface area contributed by atoms with Gasteiger partial charge in [0.25, 0.3) is 5.91 Å². The molecule has 3 heterocycles. The summed E-state index contributed by atoms with van der Waals surface area (Å²) < 4.78 is 11.7. The molecule has 5 rings (SSSR count). The number of aromatic nitrogens is 1. The van der Waals surface area contributed by atoms with Crippen molar-refractivity contribution in [2.24, 2.45) is 0 Å². The Kier molecular flexibility index (Phi) is 4.55. The van der Waals surface area contributed by atoms with Gasteiger partial charge in [0, 0.05) is 12.1 Å². The van der Waals surface area contributed by atoms with E-state index in [-0.39, 0.29) is 31.2 Å². The molecule has 2 aliphatic heterocycles. The second-order valence-electron chi connectivity index (χ2n) is 7.02. The maximum atomic E-state index is 12.8. The van der Waals surface area contributed by atoms with Gasteiger partial charge in [0.2, 0.25) is 12.7 Å². The average molecular weight is 409 g/mol. The molecule has 8 heteroatoms. The van der Waals surface area contributed by atoms with E-state index in [4.69, 9.17) is 14.5 Å². The molecule has 0 saturated carbocycles. The number of nitrogens with zero attached hydrogens (tertiary/aromatic N) is 2. The SMILES string of the molecule is O=C(NCC(=O)N1CCCC1c1nc2ccccc2s1)c1ccc2c(c1)OCO2. The van der Waals surface area contributed by atoms with Crippen LogP contribution in [0.4, 0.5) is 0 Å². The van der Waals surface area contributed by atoms with Crippen LogP contribution in [0.5, 0.6) is 11.5 Å². The van der Waals surface area contributed by atoms with Crippen molar-refractivity contribution in [3.63, 3.8) is 0 Å². The van der Waals surface area contributed by atoms with Crippen molar-refractivity contribution in [2.75, 3.05) is 19.9 Å². The number of hydrogen-bond acceptors (Lipinski definition) is 6. The van der Waals surface area contributed by atoms with E-state index in [9.17, 15) is 9.59 Å². The molecule has 1 fully saturated rings. The summed E-state index contributed by atoms with van der Waals surface area (Å²) in [6.45, 7) is 0.787. The second-order valence-corrected chi connectivity index (χ2v) is 8.08. The fourth-order valence-electron chi connectivity index (χ4n) is 3.75. The maximum Gasteiger partial charge on any atom is 0.251 e. The summed E-state index contributed by atoms with van der Waals surface area (Å²) in [4.78, 5) is 31.8. The van der Waals surface area contributed by atoms with Crippen molar-refractivity contribution >= 4 is 33.4 Å². The van der Waals surface area contributed by atoms with Crippen LogP contribution in [-0.4, -0.2) is 41.6 Å². The summed E-state index contributed by atoms with van der Waals surface area (Å²) >= 11 is 1.63. The smallest absolute Gasteiger partial charge is 0.251 e. The van der Waals surface area contributed by atoms with Crippen LogP contribution in [0.3, 0.4) is 0 Å². The van der Waals surface area contributed by atoms with Crippen molar-refractivity contribution in [1.82, 2.24) is 15.2 Å². The number of para-hydroxylation sites is 1. The Labute approximate surface area is 171 Å². The van der Waals surface area contributed by atoms with E-state index in [2.05, 4.69) is 5.32 Å². The van der Waals surface area contributed by atoms with Gasteiger partial charge in [0.15, 0.2) is 11.5 Å². The lowest BCUT2D eigenvalue weighted by atomic mass is 10.2. The van der Waals surface area contributed by atoms with Crippen LogP contribution in [0.2, 0.25) is 0 Å². The average Bonchev–Trinajstić information content (AvgIpc) is 3.49. The van der Waals surface area contributed by atoms with Gasteiger partial charge in [-0.1, -0.05) is 12.1 Å². The van der Waals surface area contributed by atoms with E-state index in [1.165, 1.54) is 0 Å². The third-order valence-corrected chi connectivity index (χ3v) is 6.34. The standard InChI is InChI=1S/C21H19N3O4S/c25-19(11-22-20(26)13-7-8-16-17(10-13)28-12-27-16)24-9-3-5-15(24)21-23-14-4-1-2-6-18(14)29-21/h1-2,4,6-8,10,15H,3,5,9,11-12H2,(H,22,26). The van der Waals surface area contributed by atoms with Gasteiger partial charge in [-0.2, -0.15) is 0 Å². The molecule has 1 aromatic heterocycles. The molecule has 0 radical (unpaired) electrons. The Morgan fingerprint density at radius 1 is 1.17 bits per heavy atom. The fraction of sp³-hybridized carbons (Fsp3) is 0.286. The highest BCUT2D eigenvalue weighted by molar-refractivity contribution is 7.18. The first-order chi connectivity index (χ1) is 14.2. The molecule has 2 aliphatic rings. The number of fused-ring (bicyclic) bond motifs is 2. The van der Waals surface area contributed by atoms with Crippen LogP contribution in [-0.2, 0) is 4.79 Å². The van der Waals surface area contributed by atoms with Crippen molar-refractivity contribution in [3.05, 3.63) is 53.0 Å². The van der Waals surface area contributed by atoms with Gasteiger partial charge in [0.05, 0.1) is 22.8 Å². The Bertz CT molecular complexity index is 1060. The number of rotatable bonds is 4. The highest BCUT2D eigenvalue weighted by atomic mass is 32.1. The first-order valence-electron chi connectivity index (χ1n) is 9.52. The lowest BCUT2D eigenvalue weighted by Crippen LogP contribution is -2.39. The molecule has 0 aliphatic carbocycles. The molecular formula is C21H19N3O4S. The van der Waals surface area contributed by atoms with E-state index in [1.807, 2.05) is 29.2 Å². The minimum Gasteiger partial charge on any atom is -0.454 e. The van der Waals surface area contributed by atoms with Crippen LogP contribution in [0, 0.1) is 0 Å². The first kappa shape index (κ1) is 17.9. The molecule has 0 spiro atoms. The number of carbonyl (C=O) groups excluding carboxylic acids is 2. The van der Waals surface area contributed by atoms with Gasteiger partial charge in [0.1, 0.15) is 5.01 Å². The summed E-state index contributed by atoms with van der Waals surface area (Å²) in [6.07, 6.45) is 1.82. The molecule has 1 saturated heterocycles. The molecule has 3 aromatic rings. The highest BCUT2D eigenvalue weighted by Crippen LogP contribution is 2.36. The summed E-state index contributed by atoms with van der Waals surface area (Å²) in [5.74, 6) is 0.751. The third kappa shape index (κ3) is 3.40. The number of amides is 2. The van der Waals surface area contributed by atoms with Crippen LogP contribution in [0.1, 0.15) is 34.2 Å². The lowest BCUT2D eigenvalue weighted by molar-refractivity contribution is -0.131. The molecule has 2 amide bonds. The predicted molar refractivity (Wildman–Crippen MR) is 108 cm³/mol. The fourth-order valence-corrected chi connectivity index (χ4v) is 4.87. The minimum absolute atomic E-state index is 0.0256. The molecule has 1 N–H and O–H groups in total. The Hall–Kier alpha value is -3.13. The molecular weight excluding hydrogens is 390 g/mol. The van der Waals surface area contributed by atoms with Crippen LogP contribution < -0.4 is 14.8 Å². The Morgan fingerprint density at radius 3 is 2.93 bits per heavy atom. The van der Waals surface area contributed by atoms with Crippen LogP contribution in [0.15, 0.2) is 42.5 Å². The van der Waals surface area contributed by atoms with E-state index in [0.717, 1.165) is 28.1 Å². The monoisotopic (exact) mass is 409 g/mol. The first-order valence-corrected chi connectivity index (χ1v) is 10.3. The number of nitrogens with one attached hydrogen (secondary N) is 1. The molecule has 29 heavy (non-hydrogen) atoms. The number of benzene rings is 2. The summed E-state index contributed by atoms with van der Waals surface area (Å²) in [7, 11) is 0. The zero-order chi connectivity index (χ0) is 19.8.